The second-order valence-corrected chi connectivity index (χ2v) is 3.22. The molecule has 0 unspecified atom stereocenters. The van der Waals surface area contributed by atoms with Crippen LogP contribution >= 0.6 is 0 Å². The Morgan fingerprint density at radius 3 is 2.54 bits per heavy atom. The topological polar surface area (TPSA) is 35.8 Å². The van der Waals surface area contributed by atoms with Crippen LogP contribution in [0.15, 0.2) is 29.4 Å². The standard InChI is InChI=1S/C10H12N2O/c1-8-6-7-12(11-8)9-2-4-10(13)5-3-9/h2-5,13H,6-7H2,1H3. The Labute approximate surface area is 77.3 Å². The highest BCUT2D eigenvalue weighted by molar-refractivity contribution is 5.85. The Morgan fingerprint density at radius 1 is 1.31 bits per heavy atom. The maximum absolute atomic E-state index is 9.10. The number of phenols is 1. The largest absolute Gasteiger partial charge is 0.508 e. The third-order valence-corrected chi connectivity index (χ3v) is 2.12. The van der Waals surface area contributed by atoms with Crippen molar-refractivity contribution >= 4 is 11.4 Å². The molecule has 0 amide bonds. The first-order valence-electron chi connectivity index (χ1n) is 4.36. The second-order valence-electron chi connectivity index (χ2n) is 3.22. The van der Waals surface area contributed by atoms with E-state index in [-0.39, 0.29) is 0 Å². The number of phenolic OH excluding ortho intramolecular Hbond substituents is 1. The van der Waals surface area contributed by atoms with Crippen LogP contribution in [0.4, 0.5) is 5.69 Å². The summed E-state index contributed by atoms with van der Waals surface area (Å²) in [5.41, 5.74) is 2.20. The number of hydrogen-bond acceptors (Lipinski definition) is 3. The molecule has 3 nitrogen and oxygen atoms in total. The zero-order valence-electron chi connectivity index (χ0n) is 7.57. The van der Waals surface area contributed by atoms with E-state index in [1.807, 2.05) is 24.1 Å². The van der Waals surface area contributed by atoms with E-state index in [0.717, 1.165) is 24.4 Å². The van der Waals surface area contributed by atoms with Crippen LogP contribution in [0.25, 0.3) is 0 Å². The van der Waals surface area contributed by atoms with Crippen LogP contribution in [-0.4, -0.2) is 17.4 Å². The summed E-state index contributed by atoms with van der Waals surface area (Å²) >= 11 is 0. The first kappa shape index (κ1) is 8.10. The highest BCUT2D eigenvalue weighted by atomic mass is 16.3. The fourth-order valence-electron chi connectivity index (χ4n) is 1.39. The molecule has 1 N–H and O–H groups in total. The van der Waals surface area contributed by atoms with Crippen LogP contribution in [0.1, 0.15) is 13.3 Å². The van der Waals surface area contributed by atoms with E-state index in [1.54, 1.807) is 12.1 Å². The number of aromatic hydroxyl groups is 1. The minimum atomic E-state index is 0.295. The van der Waals surface area contributed by atoms with Gasteiger partial charge in [0.15, 0.2) is 0 Å². The van der Waals surface area contributed by atoms with Gasteiger partial charge in [-0.3, -0.25) is 5.01 Å². The molecule has 1 aromatic rings. The van der Waals surface area contributed by atoms with Crippen LogP contribution in [0, 0.1) is 0 Å². The fourth-order valence-corrected chi connectivity index (χ4v) is 1.39. The lowest BCUT2D eigenvalue weighted by Gasteiger charge is -2.12. The molecule has 0 aromatic heterocycles. The molecule has 3 heteroatoms. The number of hydrogen-bond donors (Lipinski definition) is 1. The van der Waals surface area contributed by atoms with E-state index in [9.17, 15) is 0 Å². The summed E-state index contributed by atoms with van der Waals surface area (Å²) in [6.07, 6.45) is 1.03. The summed E-state index contributed by atoms with van der Waals surface area (Å²) < 4.78 is 0. The van der Waals surface area contributed by atoms with E-state index < -0.39 is 0 Å². The second kappa shape index (κ2) is 3.09. The molecular formula is C10H12N2O. The van der Waals surface area contributed by atoms with Crippen molar-refractivity contribution in [3.05, 3.63) is 24.3 Å². The van der Waals surface area contributed by atoms with Crippen molar-refractivity contribution in [3.63, 3.8) is 0 Å². The summed E-state index contributed by atoms with van der Waals surface area (Å²) in [6, 6.07) is 7.10. The Kier molecular flexibility index (Phi) is 1.93. The van der Waals surface area contributed by atoms with Gasteiger partial charge in [-0.25, -0.2) is 0 Å². The average molecular weight is 176 g/mol. The monoisotopic (exact) mass is 176 g/mol. The van der Waals surface area contributed by atoms with Gasteiger partial charge in [0.25, 0.3) is 0 Å². The third-order valence-electron chi connectivity index (χ3n) is 2.12. The van der Waals surface area contributed by atoms with Crippen molar-refractivity contribution in [3.8, 4) is 5.75 Å². The molecule has 68 valence electrons. The first-order valence-corrected chi connectivity index (χ1v) is 4.36. The molecule has 1 aliphatic rings. The lowest BCUT2D eigenvalue weighted by Crippen LogP contribution is -2.11. The SMILES string of the molecule is CC1=NN(c2ccc(O)cc2)CC1. The van der Waals surface area contributed by atoms with Crippen LogP contribution < -0.4 is 5.01 Å². The Morgan fingerprint density at radius 2 is 2.00 bits per heavy atom. The Bertz CT molecular complexity index is 329. The summed E-state index contributed by atoms with van der Waals surface area (Å²) in [4.78, 5) is 0. The molecule has 0 bridgehead atoms. The van der Waals surface area contributed by atoms with Gasteiger partial charge in [0.05, 0.1) is 5.69 Å². The molecule has 1 aliphatic heterocycles. The lowest BCUT2D eigenvalue weighted by atomic mass is 10.3. The van der Waals surface area contributed by atoms with Gasteiger partial charge in [-0.2, -0.15) is 5.10 Å². The van der Waals surface area contributed by atoms with E-state index in [1.165, 1.54) is 0 Å². The molecule has 13 heavy (non-hydrogen) atoms. The van der Waals surface area contributed by atoms with Gasteiger partial charge >= 0.3 is 0 Å². The Balaban J connectivity index is 2.22. The van der Waals surface area contributed by atoms with Gasteiger partial charge in [0.2, 0.25) is 0 Å². The zero-order valence-corrected chi connectivity index (χ0v) is 7.57. The molecule has 2 rings (SSSR count). The van der Waals surface area contributed by atoms with Crippen molar-refractivity contribution in [1.29, 1.82) is 0 Å². The van der Waals surface area contributed by atoms with Crippen molar-refractivity contribution in [1.82, 2.24) is 0 Å². The highest BCUT2D eigenvalue weighted by Crippen LogP contribution is 2.21. The number of anilines is 1. The quantitative estimate of drug-likeness (QED) is 0.710. The van der Waals surface area contributed by atoms with Gasteiger partial charge in [0, 0.05) is 18.7 Å². The molecular weight excluding hydrogens is 164 g/mol. The Hall–Kier alpha value is -1.51. The van der Waals surface area contributed by atoms with E-state index in [0.29, 0.717) is 5.75 Å². The molecule has 0 spiro atoms. The minimum absolute atomic E-state index is 0.295. The molecule has 0 aliphatic carbocycles. The highest BCUT2D eigenvalue weighted by Gasteiger charge is 2.11. The number of nitrogens with zero attached hydrogens (tertiary/aromatic N) is 2. The maximum atomic E-state index is 9.10. The predicted octanol–water partition coefficient (Wildman–Crippen LogP) is 1.98. The average Bonchev–Trinajstić information content (AvgIpc) is 2.53. The third kappa shape index (κ3) is 1.64. The minimum Gasteiger partial charge on any atom is -0.508 e. The normalized spacial score (nSPS) is 16.1. The van der Waals surface area contributed by atoms with Crippen molar-refractivity contribution < 1.29 is 5.11 Å². The molecule has 0 saturated carbocycles. The van der Waals surface area contributed by atoms with Gasteiger partial charge in [-0.05, 0) is 31.2 Å². The lowest BCUT2D eigenvalue weighted by molar-refractivity contribution is 0.475. The van der Waals surface area contributed by atoms with E-state index in [2.05, 4.69) is 5.10 Å². The van der Waals surface area contributed by atoms with Gasteiger partial charge < -0.3 is 5.11 Å². The number of hydrazone groups is 1. The molecule has 1 aromatic carbocycles. The zero-order chi connectivity index (χ0) is 9.26. The van der Waals surface area contributed by atoms with E-state index in [4.69, 9.17) is 5.11 Å². The molecule has 1 heterocycles. The van der Waals surface area contributed by atoms with Gasteiger partial charge in [-0.1, -0.05) is 0 Å². The molecule has 0 fully saturated rings. The van der Waals surface area contributed by atoms with Crippen LogP contribution in [0.5, 0.6) is 5.75 Å². The van der Waals surface area contributed by atoms with Crippen LogP contribution in [0.3, 0.4) is 0 Å². The van der Waals surface area contributed by atoms with Crippen molar-refractivity contribution in [2.24, 2.45) is 5.10 Å². The summed E-state index contributed by atoms with van der Waals surface area (Å²) in [5.74, 6) is 0.295. The fraction of sp³-hybridized carbons (Fsp3) is 0.300. The van der Waals surface area contributed by atoms with Crippen LogP contribution in [-0.2, 0) is 0 Å². The number of benzene rings is 1. The summed E-state index contributed by atoms with van der Waals surface area (Å²) in [7, 11) is 0. The summed E-state index contributed by atoms with van der Waals surface area (Å²) in [5, 5.41) is 15.4. The molecule has 0 atom stereocenters. The van der Waals surface area contributed by atoms with Crippen molar-refractivity contribution in [2.75, 3.05) is 11.6 Å². The molecule has 0 saturated heterocycles. The van der Waals surface area contributed by atoms with Crippen LogP contribution in [0.2, 0.25) is 0 Å². The number of rotatable bonds is 1. The van der Waals surface area contributed by atoms with Crippen molar-refractivity contribution in [2.45, 2.75) is 13.3 Å². The van der Waals surface area contributed by atoms with Gasteiger partial charge in [0.1, 0.15) is 5.75 Å². The predicted molar refractivity (Wildman–Crippen MR) is 53.2 cm³/mol. The van der Waals surface area contributed by atoms with E-state index >= 15 is 0 Å². The smallest absolute Gasteiger partial charge is 0.115 e. The maximum Gasteiger partial charge on any atom is 0.115 e. The summed E-state index contributed by atoms with van der Waals surface area (Å²) in [6.45, 7) is 2.97. The first-order chi connectivity index (χ1) is 6.25. The molecule has 0 radical (unpaired) electrons. The van der Waals surface area contributed by atoms with Gasteiger partial charge in [-0.15, -0.1) is 0 Å².